The van der Waals surface area contributed by atoms with Gasteiger partial charge >= 0.3 is 0 Å². The van der Waals surface area contributed by atoms with E-state index in [1.807, 2.05) is 17.7 Å². The van der Waals surface area contributed by atoms with Crippen LogP contribution in [0.25, 0.3) is 0 Å². The number of likely N-dealkylation sites (N-methyl/N-ethyl adjacent to an activating group) is 1. The zero-order valence-electron chi connectivity index (χ0n) is 18.1. The van der Waals surface area contributed by atoms with Gasteiger partial charge in [-0.25, -0.2) is 0 Å². The smallest absolute Gasteiger partial charge is 0.293 e. The van der Waals surface area contributed by atoms with E-state index < -0.39 is 0 Å². The van der Waals surface area contributed by atoms with Crippen LogP contribution in [0.5, 0.6) is 0 Å². The molecule has 0 aliphatic carbocycles. The first-order valence-corrected chi connectivity index (χ1v) is 11.1. The molecule has 9 heteroatoms. The lowest BCUT2D eigenvalue weighted by atomic mass is 9.83. The van der Waals surface area contributed by atoms with Crippen LogP contribution in [0.1, 0.15) is 28.4 Å². The number of nitro benzene ring substituents is 1. The van der Waals surface area contributed by atoms with Crippen LogP contribution in [0.15, 0.2) is 41.2 Å². The molecule has 1 aromatic heterocycles. The molecule has 1 aromatic carbocycles. The van der Waals surface area contributed by atoms with Crippen LogP contribution in [-0.2, 0) is 6.54 Å². The third-order valence-corrected chi connectivity index (χ3v) is 7.03. The summed E-state index contributed by atoms with van der Waals surface area (Å²) in [5.74, 6) is 0.256. The number of fused-ring (bicyclic) bond motifs is 4. The molecule has 168 valence electrons. The minimum Gasteiger partial charge on any atom is -0.365 e. The van der Waals surface area contributed by atoms with Gasteiger partial charge in [-0.15, -0.1) is 0 Å². The molecule has 5 rings (SSSR count). The van der Waals surface area contributed by atoms with Crippen LogP contribution >= 0.6 is 0 Å². The Morgan fingerprint density at radius 2 is 1.84 bits per heavy atom. The van der Waals surface area contributed by atoms with Gasteiger partial charge in [0.05, 0.1) is 4.92 Å². The number of carbonyl (C=O) groups is 1. The maximum absolute atomic E-state index is 12.9. The molecule has 3 aliphatic heterocycles. The highest BCUT2D eigenvalue weighted by Crippen LogP contribution is 2.39. The summed E-state index contributed by atoms with van der Waals surface area (Å²) in [6.07, 6.45) is 0.980. The van der Waals surface area contributed by atoms with Gasteiger partial charge in [-0.3, -0.25) is 19.7 Å². The third-order valence-electron chi connectivity index (χ3n) is 7.03. The predicted molar refractivity (Wildman–Crippen MR) is 120 cm³/mol. The fraction of sp³-hybridized carbons (Fsp3) is 0.478. The monoisotopic (exact) mass is 437 g/mol. The summed E-state index contributed by atoms with van der Waals surface area (Å²) in [6.45, 7) is 4.75. The molecule has 0 spiro atoms. The van der Waals surface area contributed by atoms with Crippen LogP contribution in [0.4, 0.5) is 11.4 Å². The van der Waals surface area contributed by atoms with E-state index in [1.165, 1.54) is 6.07 Å². The van der Waals surface area contributed by atoms with Gasteiger partial charge in [-0.2, -0.15) is 0 Å². The zero-order valence-corrected chi connectivity index (χ0v) is 18.1. The largest absolute Gasteiger partial charge is 0.365 e. The standard InChI is InChI=1S/C23H27N5O4/c1-24-7-9-25(10-8-24)23(30)17-5-6-20(21(12-17)28(31)32)26-13-16-11-18(15-26)19-3-2-4-22(29)27(19)14-16/h2-6,12,16,18H,7-11,13-15H2,1H3. The van der Waals surface area contributed by atoms with Crippen LogP contribution in [0.3, 0.4) is 0 Å². The van der Waals surface area contributed by atoms with Crippen molar-refractivity contribution in [3.63, 3.8) is 0 Å². The minimum absolute atomic E-state index is 0.0170. The average molecular weight is 438 g/mol. The fourth-order valence-corrected chi connectivity index (χ4v) is 5.36. The van der Waals surface area contributed by atoms with Crippen LogP contribution in [0, 0.1) is 16.0 Å². The summed E-state index contributed by atoms with van der Waals surface area (Å²) < 4.78 is 1.85. The third kappa shape index (κ3) is 3.66. The Bertz CT molecular complexity index is 1120. The fourth-order valence-electron chi connectivity index (χ4n) is 5.36. The lowest BCUT2D eigenvalue weighted by molar-refractivity contribution is -0.384. The van der Waals surface area contributed by atoms with Gasteiger partial charge in [0.1, 0.15) is 5.69 Å². The van der Waals surface area contributed by atoms with Gasteiger partial charge in [-0.1, -0.05) is 6.07 Å². The van der Waals surface area contributed by atoms with Crippen molar-refractivity contribution in [2.45, 2.75) is 18.9 Å². The van der Waals surface area contributed by atoms with Crippen molar-refractivity contribution in [2.75, 3.05) is 51.2 Å². The second-order valence-electron chi connectivity index (χ2n) is 9.16. The second-order valence-corrected chi connectivity index (χ2v) is 9.16. The van der Waals surface area contributed by atoms with Gasteiger partial charge in [0, 0.05) is 75.1 Å². The number of piperidine rings is 1. The molecule has 1 amide bonds. The first-order valence-electron chi connectivity index (χ1n) is 11.1. The molecule has 9 nitrogen and oxygen atoms in total. The highest BCUT2D eigenvalue weighted by molar-refractivity contribution is 5.96. The van der Waals surface area contributed by atoms with E-state index in [4.69, 9.17) is 0 Å². The zero-order chi connectivity index (χ0) is 22.4. The average Bonchev–Trinajstić information content (AvgIpc) is 2.79. The lowest BCUT2D eigenvalue weighted by Gasteiger charge is -2.43. The van der Waals surface area contributed by atoms with Crippen molar-refractivity contribution in [3.8, 4) is 0 Å². The number of carbonyl (C=O) groups excluding carboxylic acids is 1. The summed E-state index contributed by atoms with van der Waals surface area (Å²) in [6, 6.07) is 10.2. The molecule has 2 fully saturated rings. The van der Waals surface area contributed by atoms with Gasteiger partial charge in [-0.05, 0) is 37.6 Å². The summed E-state index contributed by atoms with van der Waals surface area (Å²) in [5, 5.41) is 12.0. The number of nitrogens with zero attached hydrogens (tertiary/aromatic N) is 5. The van der Waals surface area contributed by atoms with E-state index >= 15 is 0 Å². The molecule has 32 heavy (non-hydrogen) atoms. The van der Waals surface area contributed by atoms with E-state index in [9.17, 15) is 19.7 Å². The van der Waals surface area contributed by atoms with Crippen molar-refractivity contribution in [1.82, 2.24) is 14.4 Å². The van der Waals surface area contributed by atoms with Gasteiger partial charge in [0.25, 0.3) is 17.2 Å². The summed E-state index contributed by atoms with van der Waals surface area (Å²) in [4.78, 5) is 42.7. The molecular formula is C23H27N5O4. The van der Waals surface area contributed by atoms with E-state index in [-0.39, 0.29) is 33.9 Å². The molecule has 2 unspecified atom stereocenters. The Morgan fingerprint density at radius 3 is 2.59 bits per heavy atom. The number of hydrogen-bond donors (Lipinski definition) is 0. The normalized spacial score (nSPS) is 23.0. The van der Waals surface area contributed by atoms with E-state index in [0.29, 0.717) is 44.0 Å². The van der Waals surface area contributed by atoms with Gasteiger partial charge < -0.3 is 19.3 Å². The van der Waals surface area contributed by atoms with Crippen molar-refractivity contribution < 1.29 is 9.72 Å². The number of anilines is 1. The molecule has 2 bridgehead atoms. The summed E-state index contributed by atoms with van der Waals surface area (Å²) in [5.41, 5.74) is 1.90. The molecular weight excluding hydrogens is 410 g/mol. The van der Waals surface area contributed by atoms with E-state index in [1.54, 1.807) is 29.2 Å². The van der Waals surface area contributed by atoms with Crippen LogP contribution in [-0.4, -0.2) is 71.5 Å². The molecule has 4 heterocycles. The first kappa shape index (κ1) is 20.7. The summed E-state index contributed by atoms with van der Waals surface area (Å²) in [7, 11) is 2.02. The molecule has 0 radical (unpaired) electrons. The van der Waals surface area contributed by atoms with Crippen LogP contribution < -0.4 is 10.5 Å². The van der Waals surface area contributed by atoms with E-state index in [2.05, 4.69) is 9.80 Å². The molecule has 2 saturated heterocycles. The Balaban J connectivity index is 1.42. The topological polar surface area (TPSA) is 91.9 Å². The number of amides is 1. The maximum atomic E-state index is 12.9. The number of aromatic nitrogens is 1. The number of hydrogen-bond acceptors (Lipinski definition) is 6. The summed E-state index contributed by atoms with van der Waals surface area (Å²) >= 11 is 0. The highest BCUT2D eigenvalue weighted by Gasteiger charge is 2.36. The lowest BCUT2D eigenvalue weighted by Crippen LogP contribution is -2.47. The number of rotatable bonds is 3. The SMILES string of the molecule is CN1CCN(C(=O)c2ccc(N3CC4CC(C3)c3cccc(=O)n3C4)c([N+](=O)[O-])c2)CC1. The Morgan fingerprint density at radius 1 is 1.06 bits per heavy atom. The predicted octanol–water partition coefficient (Wildman–Crippen LogP) is 1.77. The minimum atomic E-state index is -0.390. The molecule has 0 saturated carbocycles. The van der Waals surface area contributed by atoms with Crippen molar-refractivity contribution in [2.24, 2.45) is 5.92 Å². The van der Waals surface area contributed by atoms with Gasteiger partial charge in [0.15, 0.2) is 0 Å². The van der Waals surface area contributed by atoms with Crippen molar-refractivity contribution in [1.29, 1.82) is 0 Å². The second kappa shape index (κ2) is 8.05. The number of benzene rings is 1. The number of piperazine rings is 1. The van der Waals surface area contributed by atoms with E-state index in [0.717, 1.165) is 25.2 Å². The highest BCUT2D eigenvalue weighted by atomic mass is 16.6. The molecule has 3 aliphatic rings. The Hall–Kier alpha value is -3.20. The number of pyridine rings is 1. The molecule has 0 N–H and O–H groups in total. The first-order chi connectivity index (χ1) is 15.4. The van der Waals surface area contributed by atoms with Crippen LogP contribution in [0.2, 0.25) is 0 Å². The van der Waals surface area contributed by atoms with Crippen molar-refractivity contribution in [3.05, 3.63) is 68.1 Å². The van der Waals surface area contributed by atoms with Crippen molar-refractivity contribution >= 4 is 17.3 Å². The van der Waals surface area contributed by atoms with Gasteiger partial charge in [0.2, 0.25) is 0 Å². The quantitative estimate of drug-likeness (QED) is 0.537. The number of nitro groups is 1. The Labute approximate surface area is 186 Å². The molecule has 2 aromatic rings. The Kier molecular flexibility index (Phi) is 5.21. The molecule has 2 atom stereocenters. The maximum Gasteiger partial charge on any atom is 0.293 e.